The number of allylic oxidation sites excluding steroid dienone is 1. The van der Waals surface area contributed by atoms with Crippen molar-refractivity contribution in [3.63, 3.8) is 0 Å². The van der Waals surface area contributed by atoms with E-state index < -0.39 is 8.80 Å². The minimum atomic E-state index is -0.549. The molecular weight excluding hydrogens is 244 g/mol. The van der Waals surface area contributed by atoms with Crippen molar-refractivity contribution in [1.82, 2.24) is 0 Å². The van der Waals surface area contributed by atoms with Crippen LogP contribution in [0.4, 0.5) is 0 Å². The van der Waals surface area contributed by atoms with E-state index in [1.54, 1.807) is 5.19 Å². The van der Waals surface area contributed by atoms with Crippen molar-refractivity contribution in [3.05, 3.63) is 71.8 Å². The second-order valence-corrected chi connectivity index (χ2v) is 7.86. The van der Waals surface area contributed by atoms with Gasteiger partial charge in [-0.05, 0) is 11.1 Å². The fourth-order valence-electron chi connectivity index (χ4n) is 2.95. The van der Waals surface area contributed by atoms with E-state index in [1.807, 2.05) is 0 Å². The maximum atomic E-state index is 2.43. The Morgan fingerprint density at radius 2 is 1.68 bits per heavy atom. The molecule has 0 heterocycles. The second kappa shape index (κ2) is 5.58. The zero-order valence-corrected chi connectivity index (χ0v) is 12.3. The zero-order chi connectivity index (χ0) is 13.1. The van der Waals surface area contributed by atoms with Crippen molar-refractivity contribution in [2.24, 2.45) is 0 Å². The first-order valence-corrected chi connectivity index (χ1v) is 8.87. The molecule has 19 heavy (non-hydrogen) atoms. The van der Waals surface area contributed by atoms with Crippen molar-refractivity contribution in [1.29, 1.82) is 0 Å². The lowest BCUT2D eigenvalue weighted by molar-refractivity contribution is 1.04. The largest absolute Gasteiger partial charge is 0.0976 e. The molecule has 0 nitrogen and oxygen atoms in total. The van der Waals surface area contributed by atoms with E-state index in [4.69, 9.17) is 0 Å². The first-order chi connectivity index (χ1) is 9.40. The van der Waals surface area contributed by atoms with Crippen LogP contribution in [0, 0.1) is 0 Å². The highest BCUT2D eigenvalue weighted by molar-refractivity contribution is 6.75. The molecule has 0 amide bonds. The van der Waals surface area contributed by atoms with Gasteiger partial charge in [-0.25, -0.2) is 0 Å². The second-order valence-electron chi connectivity index (χ2n) is 5.11. The molecule has 1 radical (unpaired) electrons. The summed E-state index contributed by atoms with van der Waals surface area (Å²) in [5, 5.41) is 1.57. The van der Waals surface area contributed by atoms with Gasteiger partial charge in [0.05, 0.1) is 8.80 Å². The van der Waals surface area contributed by atoms with Crippen LogP contribution in [0.3, 0.4) is 0 Å². The van der Waals surface area contributed by atoms with E-state index in [9.17, 15) is 0 Å². The molecule has 1 heteroatoms. The number of fused-ring (bicyclic) bond motifs is 1. The van der Waals surface area contributed by atoms with Crippen LogP contribution < -0.4 is 5.19 Å². The smallest absolute Gasteiger partial charge is 0.0789 e. The maximum absolute atomic E-state index is 2.43. The third-order valence-corrected chi connectivity index (χ3v) is 7.21. The van der Waals surface area contributed by atoms with Crippen molar-refractivity contribution >= 4 is 20.1 Å². The first-order valence-electron chi connectivity index (χ1n) is 7.08. The predicted octanol–water partition coefficient (Wildman–Crippen LogP) is 4.15. The van der Waals surface area contributed by atoms with Crippen LogP contribution in [0.1, 0.15) is 30.0 Å². The van der Waals surface area contributed by atoms with E-state index in [0.29, 0.717) is 5.54 Å². The average molecular weight is 263 g/mol. The molecule has 2 aromatic rings. The van der Waals surface area contributed by atoms with Gasteiger partial charge in [-0.3, -0.25) is 0 Å². The summed E-state index contributed by atoms with van der Waals surface area (Å²) < 4.78 is 0. The third-order valence-electron chi connectivity index (χ3n) is 3.84. The zero-order valence-electron chi connectivity index (χ0n) is 11.3. The summed E-state index contributed by atoms with van der Waals surface area (Å²) in [7, 11) is -0.549. The number of benzene rings is 2. The Morgan fingerprint density at radius 3 is 2.47 bits per heavy atom. The van der Waals surface area contributed by atoms with Gasteiger partial charge in [-0.2, -0.15) is 0 Å². The molecule has 0 bridgehead atoms. The van der Waals surface area contributed by atoms with Gasteiger partial charge >= 0.3 is 0 Å². The lowest BCUT2D eigenvalue weighted by Gasteiger charge is -2.22. The van der Waals surface area contributed by atoms with Crippen LogP contribution in [0.25, 0.3) is 6.08 Å². The summed E-state index contributed by atoms with van der Waals surface area (Å²) in [4.78, 5) is 0. The first kappa shape index (κ1) is 12.4. The molecule has 1 atom stereocenters. The van der Waals surface area contributed by atoms with Crippen LogP contribution in [-0.4, -0.2) is 8.80 Å². The fourth-order valence-corrected chi connectivity index (χ4v) is 6.04. The molecule has 0 aliphatic heterocycles. The van der Waals surface area contributed by atoms with Gasteiger partial charge < -0.3 is 0 Å². The highest BCUT2D eigenvalue weighted by atomic mass is 28.3. The van der Waals surface area contributed by atoms with E-state index in [1.165, 1.54) is 23.6 Å². The summed E-state index contributed by atoms with van der Waals surface area (Å²) in [5.41, 5.74) is 3.60. The predicted molar refractivity (Wildman–Crippen MR) is 85.1 cm³/mol. The van der Waals surface area contributed by atoms with Gasteiger partial charge in [0.25, 0.3) is 0 Å². The van der Waals surface area contributed by atoms with Crippen molar-refractivity contribution in [2.45, 2.75) is 24.9 Å². The van der Waals surface area contributed by atoms with Gasteiger partial charge in [0.1, 0.15) is 0 Å². The summed E-state index contributed by atoms with van der Waals surface area (Å²) in [6, 6.07) is 21.3. The Kier molecular flexibility index (Phi) is 3.65. The van der Waals surface area contributed by atoms with Crippen LogP contribution in [0.15, 0.2) is 60.7 Å². The Bertz CT molecular complexity index is 571. The molecule has 2 aromatic carbocycles. The number of hydrogen-bond acceptors (Lipinski definition) is 0. The van der Waals surface area contributed by atoms with Crippen molar-refractivity contribution in [3.8, 4) is 0 Å². The van der Waals surface area contributed by atoms with E-state index in [2.05, 4.69) is 73.7 Å². The number of rotatable bonds is 4. The molecule has 0 fully saturated rings. The van der Waals surface area contributed by atoms with E-state index >= 15 is 0 Å². The molecule has 1 unspecified atom stereocenters. The molecule has 3 rings (SSSR count). The minimum Gasteiger partial charge on any atom is -0.0789 e. The van der Waals surface area contributed by atoms with Crippen LogP contribution in [-0.2, 0) is 0 Å². The van der Waals surface area contributed by atoms with E-state index in [0.717, 1.165) is 0 Å². The molecule has 95 valence electrons. The standard InChI is InChI=1S/C18H19Si/c1-2-14-19(16-9-4-3-5-10-16)18-13-12-15-8-6-7-11-17(15)18/h3-13,18H,2,14H2,1H3. The van der Waals surface area contributed by atoms with Gasteiger partial charge in [0.2, 0.25) is 0 Å². The molecule has 1 aliphatic rings. The Labute approximate surface area is 117 Å². The highest BCUT2D eigenvalue weighted by Crippen LogP contribution is 2.33. The van der Waals surface area contributed by atoms with Crippen LogP contribution in [0.2, 0.25) is 6.04 Å². The summed E-state index contributed by atoms with van der Waals surface area (Å²) in [5.74, 6) is 0. The SMILES string of the molecule is CCC[Si](c1ccccc1)C1C=Cc2ccccc21. The summed E-state index contributed by atoms with van der Waals surface area (Å²) in [6.45, 7) is 2.30. The summed E-state index contributed by atoms with van der Waals surface area (Å²) >= 11 is 0. The topological polar surface area (TPSA) is 0 Å². The molecule has 0 aromatic heterocycles. The van der Waals surface area contributed by atoms with Gasteiger partial charge in [-0.15, -0.1) is 0 Å². The third kappa shape index (κ3) is 2.43. The maximum Gasteiger partial charge on any atom is 0.0976 e. The minimum absolute atomic E-state index is 0.549. The monoisotopic (exact) mass is 263 g/mol. The molecule has 0 saturated heterocycles. The van der Waals surface area contributed by atoms with Gasteiger partial charge in [0.15, 0.2) is 0 Å². The Balaban J connectivity index is 1.97. The fraction of sp³-hybridized carbons (Fsp3) is 0.222. The Morgan fingerprint density at radius 1 is 0.947 bits per heavy atom. The van der Waals surface area contributed by atoms with Gasteiger partial charge in [0, 0.05) is 5.54 Å². The molecule has 1 aliphatic carbocycles. The lowest BCUT2D eigenvalue weighted by Crippen LogP contribution is -2.35. The molecule has 0 saturated carbocycles. The molecule has 0 N–H and O–H groups in total. The average Bonchev–Trinajstić information content (AvgIpc) is 2.89. The van der Waals surface area contributed by atoms with Crippen LogP contribution in [0.5, 0.6) is 0 Å². The molecule has 0 spiro atoms. The van der Waals surface area contributed by atoms with Crippen molar-refractivity contribution in [2.75, 3.05) is 0 Å². The quantitative estimate of drug-likeness (QED) is 0.727. The lowest BCUT2D eigenvalue weighted by atomic mass is 10.1. The Hall–Kier alpha value is -1.60. The number of hydrogen-bond donors (Lipinski definition) is 0. The summed E-state index contributed by atoms with van der Waals surface area (Å²) in [6.07, 6.45) is 6.01. The molecular formula is C18H19Si. The highest BCUT2D eigenvalue weighted by Gasteiger charge is 2.27. The van der Waals surface area contributed by atoms with Crippen LogP contribution >= 0.6 is 0 Å². The normalized spacial score (nSPS) is 16.8. The van der Waals surface area contributed by atoms with Crippen molar-refractivity contribution < 1.29 is 0 Å². The van der Waals surface area contributed by atoms with Gasteiger partial charge in [-0.1, -0.05) is 91.3 Å². The van der Waals surface area contributed by atoms with E-state index in [-0.39, 0.29) is 0 Å².